The maximum atomic E-state index is 14.2. The van der Waals surface area contributed by atoms with Crippen molar-refractivity contribution < 1.29 is 22.7 Å². The molecule has 4 aromatic rings. The monoisotopic (exact) mass is 504 g/mol. The molecular weight excluding hydrogens is 485 g/mol. The molecule has 0 aliphatic heterocycles. The standard InChI is InChI=1S/C23H20ClF3N6O2/c1-12(33(3)23(34)30-13-4-5-18(25)17(24)6-13)16-9-28-22(35-10-21-29-11-32(2)31-21)15-8-20(27)19(26)7-14(15)16/h4-9,11-12H,10H2,1-3H3,(H,30,34). The van der Waals surface area contributed by atoms with Gasteiger partial charge in [-0.05, 0) is 42.6 Å². The lowest BCUT2D eigenvalue weighted by molar-refractivity contribution is 0.208. The van der Waals surface area contributed by atoms with Crippen LogP contribution in [-0.2, 0) is 13.7 Å². The van der Waals surface area contributed by atoms with Crippen LogP contribution in [0.1, 0.15) is 24.4 Å². The van der Waals surface area contributed by atoms with Gasteiger partial charge >= 0.3 is 6.03 Å². The van der Waals surface area contributed by atoms with E-state index >= 15 is 0 Å². The molecule has 0 spiro atoms. The number of nitrogens with zero attached hydrogens (tertiary/aromatic N) is 5. The minimum Gasteiger partial charge on any atom is -0.469 e. The highest BCUT2D eigenvalue weighted by molar-refractivity contribution is 6.31. The topological polar surface area (TPSA) is 85.2 Å². The summed E-state index contributed by atoms with van der Waals surface area (Å²) >= 11 is 5.77. The van der Waals surface area contributed by atoms with Crippen molar-refractivity contribution in [2.45, 2.75) is 19.6 Å². The molecule has 1 N–H and O–H groups in total. The average molecular weight is 505 g/mol. The summed E-state index contributed by atoms with van der Waals surface area (Å²) in [5, 5.41) is 7.14. The molecule has 12 heteroatoms. The van der Waals surface area contributed by atoms with E-state index in [-0.39, 0.29) is 22.9 Å². The van der Waals surface area contributed by atoms with Gasteiger partial charge in [0.05, 0.1) is 11.1 Å². The van der Waals surface area contributed by atoms with Crippen LogP contribution in [0.3, 0.4) is 0 Å². The number of aryl methyl sites for hydroxylation is 1. The van der Waals surface area contributed by atoms with Crippen molar-refractivity contribution in [1.29, 1.82) is 0 Å². The number of hydrogen-bond donors (Lipinski definition) is 1. The lowest BCUT2D eigenvalue weighted by Crippen LogP contribution is -2.33. The number of urea groups is 1. The minimum absolute atomic E-state index is 0.0284. The number of hydrogen-bond acceptors (Lipinski definition) is 5. The van der Waals surface area contributed by atoms with Gasteiger partial charge in [0.1, 0.15) is 12.1 Å². The molecule has 2 heterocycles. The Hall–Kier alpha value is -3.86. The third kappa shape index (κ3) is 5.14. The van der Waals surface area contributed by atoms with E-state index in [1.165, 1.54) is 41.3 Å². The van der Waals surface area contributed by atoms with E-state index in [4.69, 9.17) is 16.3 Å². The fourth-order valence-electron chi connectivity index (χ4n) is 3.43. The normalized spacial score (nSPS) is 12.0. The predicted molar refractivity (Wildman–Crippen MR) is 124 cm³/mol. The van der Waals surface area contributed by atoms with Gasteiger partial charge in [0.25, 0.3) is 0 Å². The van der Waals surface area contributed by atoms with E-state index < -0.39 is 29.5 Å². The van der Waals surface area contributed by atoms with Crippen LogP contribution in [-0.4, -0.2) is 37.7 Å². The molecular formula is C23H20ClF3N6O2. The Bertz CT molecular complexity index is 1410. The van der Waals surface area contributed by atoms with Crippen LogP contribution in [0.4, 0.5) is 23.7 Å². The number of rotatable bonds is 6. The predicted octanol–water partition coefficient (Wildman–Crippen LogP) is 5.24. The van der Waals surface area contributed by atoms with Crippen molar-refractivity contribution in [3.8, 4) is 5.88 Å². The van der Waals surface area contributed by atoms with Gasteiger partial charge in [-0.1, -0.05) is 11.6 Å². The van der Waals surface area contributed by atoms with E-state index in [0.29, 0.717) is 22.5 Å². The van der Waals surface area contributed by atoms with Gasteiger partial charge in [0.15, 0.2) is 24.1 Å². The van der Waals surface area contributed by atoms with Crippen molar-refractivity contribution in [2.75, 3.05) is 12.4 Å². The third-order valence-electron chi connectivity index (χ3n) is 5.43. The van der Waals surface area contributed by atoms with Crippen LogP contribution < -0.4 is 10.1 Å². The summed E-state index contributed by atoms with van der Waals surface area (Å²) in [4.78, 5) is 22.5. The van der Waals surface area contributed by atoms with Gasteiger partial charge in [0, 0.05) is 36.9 Å². The molecule has 4 rings (SSSR count). The van der Waals surface area contributed by atoms with Crippen molar-refractivity contribution >= 4 is 34.1 Å². The van der Waals surface area contributed by atoms with E-state index in [9.17, 15) is 18.0 Å². The molecule has 0 saturated carbocycles. The van der Waals surface area contributed by atoms with Gasteiger partial charge in [-0.15, -0.1) is 0 Å². The first-order valence-electron chi connectivity index (χ1n) is 10.4. The Kier molecular flexibility index (Phi) is 6.79. The first-order valence-corrected chi connectivity index (χ1v) is 10.8. The highest BCUT2D eigenvalue weighted by Crippen LogP contribution is 2.34. The fraction of sp³-hybridized carbons (Fsp3) is 0.217. The molecule has 2 amide bonds. The Morgan fingerprint density at radius 3 is 2.51 bits per heavy atom. The van der Waals surface area contributed by atoms with Crippen LogP contribution >= 0.6 is 11.6 Å². The molecule has 0 aliphatic rings. The minimum atomic E-state index is -1.07. The Labute approximate surface area is 203 Å². The zero-order valence-corrected chi connectivity index (χ0v) is 19.6. The molecule has 2 aromatic heterocycles. The van der Waals surface area contributed by atoms with Crippen molar-refractivity contribution in [3.05, 3.63) is 76.7 Å². The van der Waals surface area contributed by atoms with E-state index in [2.05, 4.69) is 20.4 Å². The molecule has 0 bridgehead atoms. The number of amides is 2. The second-order valence-electron chi connectivity index (χ2n) is 7.80. The number of aromatic nitrogens is 4. The Morgan fingerprint density at radius 1 is 1.14 bits per heavy atom. The van der Waals surface area contributed by atoms with E-state index in [1.807, 2.05) is 0 Å². The van der Waals surface area contributed by atoms with E-state index in [0.717, 1.165) is 18.2 Å². The number of nitrogens with one attached hydrogen (secondary N) is 1. The molecule has 1 atom stereocenters. The quantitative estimate of drug-likeness (QED) is 0.388. The summed E-state index contributed by atoms with van der Waals surface area (Å²) in [6, 6.07) is 4.68. The molecule has 0 saturated heterocycles. The number of pyridine rings is 1. The molecule has 1 unspecified atom stereocenters. The molecule has 2 aromatic carbocycles. The first kappa shape index (κ1) is 24.3. The van der Waals surface area contributed by atoms with Gasteiger partial charge in [-0.25, -0.2) is 27.9 Å². The number of benzene rings is 2. The molecule has 0 radical (unpaired) electrons. The summed E-state index contributed by atoms with van der Waals surface area (Å²) in [7, 11) is 3.23. The summed E-state index contributed by atoms with van der Waals surface area (Å²) in [5.74, 6) is -2.28. The lowest BCUT2D eigenvalue weighted by Gasteiger charge is -2.26. The van der Waals surface area contributed by atoms with E-state index in [1.54, 1.807) is 14.0 Å². The second kappa shape index (κ2) is 9.79. The molecule has 8 nitrogen and oxygen atoms in total. The maximum Gasteiger partial charge on any atom is 0.322 e. The number of anilines is 1. The molecule has 35 heavy (non-hydrogen) atoms. The van der Waals surface area contributed by atoms with Crippen LogP contribution in [0, 0.1) is 17.5 Å². The number of carbonyl (C=O) groups is 1. The zero-order chi connectivity index (χ0) is 25.3. The second-order valence-corrected chi connectivity index (χ2v) is 8.21. The third-order valence-corrected chi connectivity index (χ3v) is 5.72. The van der Waals surface area contributed by atoms with Crippen molar-refractivity contribution in [2.24, 2.45) is 7.05 Å². The summed E-state index contributed by atoms with van der Waals surface area (Å²) in [6.45, 7) is 1.67. The molecule has 182 valence electrons. The largest absolute Gasteiger partial charge is 0.469 e. The number of halogens is 4. The van der Waals surface area contributed by atoms with Crippen molar-refractivity contribution in [3.63, 3.8) is 0 Å². The lowest BCUT2D eigenvalue weighted by atomic mass is 10.0. The highest BCUT2D eigenvalue weighted by atomic mass is 35.5. The van der Waals surface area contributed by atoms with Gasteiger partial charge in [0.2, 0.25) is 5.88 Å². The van der Waals surface area contributed by atoms with Crippen LogP contribution in [0.25, 0.3) is 10.8 Å². The Balaban J connectivity index is 1.62. The zero-order valence-electron chi connectivity index (χ0n) is 18.9. The number of carbonyl (C=O) groups excluding carboxylic acids is 1. The fourth-order valence-corrected chi connectivity index (χ4v) is 3.61. The number of fused-ring (bicyclic) bond motifs is 1. The summed E-state index contributed by atoms with van der Waals surface area (Å²) < 4.78 is 48.9. The van der Waals surface area contributed by atoms with Crippen LogP contribution in [0.15, 0.2) is 42.9 Å². The summed E-state index contributed by atoms with van der Waals surface area (Å²) in [5.41, 5.74) is 0.750. The van der Waals surface area contributed by atoms with Crippen LogP contribution in [0.2, 0.25) is 5.02 Å². The number of ether oxygens (including phenoxy) is 1. The smallest absolute Gasteiger partial charge is 0.322 e. The SMILES string of the molecule is CC(c1cnc(OCc2ncn(C)n2)c2cc(F)c(F)cc12)N(C)C(=O)Nc1ccc(F)c(Cl)c1. The molecule has 0 aliphatic carbocycles. The summed E-state index contributed by atoms with van der Waals surface area (Å²) in [6.07, 6.45) is 2.94. The van der Waals surface area contributed by atoms with Gasteiger partial charge in [-0.3, -0.25) is 4.68 Å². The first-order chi connectivity index (χ1) is 16.6. The molecule has 0 fully saturated rings. The average Bonchev–Trinajstić information content (AvgIpc) is 3.24. The maximum absolute atomic E-state index is 14.2. The van der Waals surface area contributed by atoms with Gasteiger partial charge in [-0.2, -0.15) is 5.10 Å². The van der Waals surface area contributed by atoms with Gasteiger partial charge < -0.3 is 15.0 Å². The van der Waals surface area contributed by atoms with Crippen LogP contribution in [0.5, 0.6) is 5.88 Å². The highest BCUT2D eigenvalue weighted by Gasteiger charge is 2.23. The van der Waals surface area contributed by atoms with Crippen molar-refractivity contribution in [1.82, 2.24) is 24.6 Å². The Morgan fingerprint density at radius 2 is 1.86 bits per heavy atom.